The SMILES string of the molecule is Nc1nc(Nc2cccc(Cl)c2)nc(C(Cl)Cl)n1. The van der Waals surface area contributed by atoms with Crippen molar-refractivity contribution >= 4 is 52.4 Å². The summed E-state index contributed by atoms with van der Waals surface area (Å²) in [7, 11) is 0. The smallest absolute Gasteiger partial charge is 0.232 e. The van der Waals surface area contributed by atoms with Gasteiger partial charge in [0.05, 0.1) is 0 Å². The summed E-state index contributed by atoms with van der Waals surface area (Å²) in [6.45, 7) is 0. The Kier molecular flexibility index (Phi) is 4.06. The molecule has 0 unspecified atom stereocenters. The maximum absolute atomic E-state index is 5.86. The fraction of sp³-hybridized carbons (Fsp3) is 0.100. The standard InChI is InChI=1S/C10H8Cl3N5/c11-5-2-1-3-6(4-5)15-10-17-8(7(12)13)16-9(14)18-10/h1-4,7H,(H3,14,15,16,17,18). The number of nitrogens with one attached hydrogen (secondary N) is 1. The van der Waals surface area contributed by atoms with Crippen molar-refractivity contribution in [3.63, 3.8) is 0 Å². The molecule has 0 amide bonds. The monoisotopic (exact) mass is 303 g/mol. The number of anilines is 3. The van der Waals surface area contributed by atoms with Crippen LogP contribution in [0.4, 0.5) is 17.6 Å². The lowest BCUT2D eigenvalue weighted by atomic mass is 10.3. The Morgan fingerprint density at radius 3 is 2.61 bits per heavy atom. The first-order valence-electron chi connectivity index (χ1n) is 4.87. The van der Waals surface area contributed by atoms with E-state index in [-0.39, 0.29) is 17.7 Å². The highest BCUT2D eigenvalue weighted by molar-refractivity contribution is 6.43. The highest BCUT2D eigenvalue weighted by Gasteiger charge is 2.11. The number of hydrogen-bond acceptors (Lipinski definition) is 5. The van der Waals surface area contributed by atoms with Gasteiger partial charge in [0.2, 0.25) is 11.9 Å². The summed E-state index contributed by atoms with van der Waals surface area (Å²) in [5.41, 5.74) is 6.26. The number of nitrogens with zero attached hydrogens (tertiary/aromatic N) is 3. The largest absolute Gasteiger partial charge is 0.368 e. The van der Waals surface area contributed by atoms with Gasteiger partial charge in [-0.15, -0.1) is 0 Å². The van der Waals surface area contributed by atoms with Crippen LogP contribution >= 0.6 is 34.8 Å². The number of rotatable bonds is 3. The average Bonchev–Trinajstić information content (AvgIpc) is 2.28. The molecule has 1 heterocycles. The summed E-state index contributed by atoms with van der Waals surface area (Å²) >= 11 is 17.2. The average molecular weight is 305 g/mol. The number of nitrogens with two attached hydrogens (primary N) is 1. The maximum atomic E-state index is 5.86. The van der Waals surface area contributed by atoms with Crippen molar-refractivity contribution in [1.29, 1.82) is 0 Å². The zero-order valence-electron chi connectivity index (χ0n) is 8.94. The number of aromatic nitrogens is 3. The minimum Gasteiger partial charge on any atom is -0.368 e. The van der Waals surface area contributed by atoms with Gasteiger partial charge in [-0.1, -0.05) is 40.9 Å². The summed E-state index contributed by atoms with van der Waals surface area (Å²) in [5, 5.41) is 3.53. The molecule has 0 aliphatic heterocycles. The molecule has 0 bridgehead atoms. The van der Waals surface area contributed by atoms with Crippen molar-refractivity contribution < 1.29 is 0 Å². The minimum absolute atomic E-state index is 0.0378. The van der Waals surface area contributed by atoms with Crippen molar-refractivity contribution in [1.82, 2.24) is 15.0 Å². The third-order valence-corrected chi connectivity index (χ3v) is 2.57. The van der Waals surface area contributed by atoms with E-state index in [0.29, 0.717) is 5.02 Å². The molecule has 0 saturated carbocycles. The second kappa shape index (κ2) is 5.56. The van der Waals surface area contributed by atoms with Gasteiger partial charge in [-0.05, 0) is 18.2 Å². The predicted molar refractivity (Wildman–Crippen MR) is 73.4 cm³/mol. The molecule has 8 heteroatoms. The predicted octanol–water partition coefficient (Wildman–Crippen LogP) is 3.33. The first kappa shape index (κ1) is 13.1. The van der Waals surface area contributed by atoms with Crippen LogP contribution in [0.1, 0.15) is 10.7 Å². The molecule has 18 heavy (non-hydrogen) atoms. The van der Waals surface area contributed by atoms with Crippen LogP contribution in [0.15, 0.2) is 24.3 Å². The molecule has 3 N–H and O–H groups in total. The van der Waals surface area contributed by atoms with E-state index in [0.717, 1.165) is 5.69 Å². The zero-order valence-corrected chi connectivity index (χ0v) is 11.2. The molecule has 2 aromatic rings. The van der Waals surface area contributed by atoms with Crippen LogP contribution in [-0.4, -0.2) is 15.0 Å². The highest BCUT2D eigenvalue weighted by Crippen LogP contribution is 2.23. The Hall–Kier alpha value is -1.30. The molecule has 2 rings (SSSR count). The molecule has 0 saturated heterocycles. The lowest BCUT2D eigenvalue weighted by Crippen LogP contribution is -2.06. The fourth-order valence-corrected chi connectivity index (χ4v) is 1.64. The van der Waals surface area contributed by atoms with E-state index in [1.807, 2.05) is 6.07 Å². The van der Waals surface area contributed by atoms with Gasteiger partial charge in [0.15, 0.2) is 10.7 Å². The topological polar surface area (TPSA) is 76.7 Å². The number of nitrogen functional groups attached to an aromatic ring is 1. The number of halogens is 3. The Morgan fingerprint density at radius 2 is 1.94 bits per heavy atom. The molecule has 0 spiro atoms. The molecular weight excluding hydrogens is 297 g/mol. The van der Waals surface area contributed by atoms with Gasteiger partial charge in [-0.2, -0.15) is 15.0 Å². The Bertz CT molecular complexity index is 561. The second-order valence-electron chi connectivity index (χ2n) is 3.31. The Balaban J connectivity index is 2.29. The van der Waals surface area contributed by atoms with E-state index in [2.05, 4.69) is 20.3 Å². The third kappa shape index (κ3) is 3.35. The van der Waals surface area contributed by atoms with Crippen LogP contribution in [0.5, 0.6) is 0 Å². The van der Waals surface area contributed by atoms with Crippen molar-refractivity contribution in [2.75, 3.05) is 11.1 Å². The van der Waals surface area contributed by atoms with Gasteiger partial charge in [0, 0.05) is 10.7 Å². The Labute approximate surface area is 118 Å². The first-order chi connectivity index (χ1) is 8.54. The normalized spacial score (nSPS) is 10.7. The number of benzene rings is 1. The highest BCUT2D eigenvalue weighted by atomic mass is 35.5. The van der Waals surface area contributed by atoms with E-state index < -0.39 is 4.84 Å². The van der Waals surface area contributed by atoms with Gasteiger partial charge >= 0.3 is 0 Å². The van der Waals surface area contributed by atoms with Crippen LogP contribution in [0.2, 0.25) is 5.02 Å². The summed E-state index contributed by atoms with van der Waals surface area (Å²) in [4.78, 5) is 10.9. The van der Waals surface area contributed by atoms with Crippen molar-refractivity contribution in [2.45, 2.75) is 4.84 Å². The first-order valence-corrected chi connectivity index (χ1v) is 6.12. The summed E-state index contributed by atoms with van der Waals surface area (Å²) in [5.74, 6) is 0.484. The van der Waals surface area contributed by atoms with Crippen LogP contribution in [-0.2, 0) is 0 Å². The molecule has 0 atom stereocenters. The lowest BCUT2D eigenvalue weighted by molar-refractivity contribution is 0.966. The van der Waals surface area contributed by atoms with Crippen LogP contribution in [0.3, 0.4) is 0 Å². The molecule has 0 radical (unpaired) electrons. The van der Waals surface area contributed by atoms with E-state index in [1.54, 1.807) is 18.2 Å². The minimum atomic E-state index is -0.866. The van der Waals surface area contributed by atoms with E-state index in [9.17, 15) is 0 Å². The fourth-order valence-electron chi connectivity index (χ4n) is 1.26. The second-order valence-corrected chi connectivity index (χ2v) is 4.84. The van der Waals surface area contributed by atoms with Crippen LogP contribution in [0.25, 0.3) is 0 Å². The molecule has 5 nitrogen and oxygen atoms in total. The maximum Gasteiger partial charge on any atom is 0.232 e. The third-order valence-electron chi connectivity index (χ3n) is 1.95. The molecule has 0 aliphatic carbocycles. The van der Waals surface area contributed by atoms with Gasteiger partial charge in [-0.3, -0.25) is 0 Å². The van der Waals surface area contributed by atoms with E-state index in [4.69, 9.17) is 40.5 Å². The molecule has 0 aliphatic rings. The van der Waals surface area contributed by atoms with Crippen molar-refractivity contribution in [2.24, 2.45) is 0 Å². The Morgan fingerprint density at radius 1 is 1.17 bits per heavy atom. The van der Waals surface area contributed by atoms with Crippen molar-refractivity contribution in [3.8, 4) is 0 Å². The quantitative estimate of drug-likeness (QED) is 0.851. The molecular formula is C10H8Cl3N5. The van der Waals surface area contributed by atoms with Gasteiger partial charge in [0.1, 0.15) is 0 Å². The van der Waals surface area contributed by atoms with Crippen molar-refractivity contribution in [3.05, 3.63) is 35.1 Å². The summed E-state index contributed by atoms with van der Waals surface area (Å²) < 4.78 is 0. The van der Waals surface area contributed by atoms with Gasteiger partial charge in [0.25, 0.3) is 0 Å². The van der Waals surface area contributed by atoms with E-state index >= 15 is 0 Å². The van der Waals surface area contributed by atoms with Crippen LogP contribution < -0.4 is 11.1 Å². The molecule has 0 fully saturated rings. The number of alkyl halides is 2. The van der Waals surface area contributed by atoms with Gasteiger partial charge < -0.3 is 11.1 Å². The van der Waals surface area contributed by atoms with E-state index in [1.165, 1.54) is 0 Å². The molecule has 94 valence electrons. The molecule has 1 aromatic heterocycles. The summed E-state index contributed by atoms with van der Waals surface area (Å²) in [6, 6.07) is 7.08. The zero-order chi connectivity index (χ0) is 13.1. The van der Waals surface area contributed by atoms with Crippen LogP contribution in [0, 0.1) is 0 Å². The summed E-state index contributed by atoms with van der Waals surface area (Å²) in [6.07, 6.45) is 0. The molecule has 1 aromatic carbocycles. The lowest BCUT2D eigenvalue weighted by Gasteiger charge is -2.07. The van der Waals surface area contributed by atoms with Gasteiger partial charge in [-0.25, -0.2) is 0 Å². The number of hydrogen-bond donors (Lipinski definition) is 2.